The lowest BCUT2D eigenvalue weighted by atomic mass is 9.97. The van der Waals surface area contributed by atoms with Crippen molar-refractivity contribution in [3.05, 3.63) is 0 Å². The van der Waals surface area contributed by atoms with Gasteiger partial charge in [0.15, 0.2) is 0 Å². The SMILES string of the molecule is CN(C)C(=O)N1CCC(N)C1(C)C. The van der Waals surface area contributed by atoms with Gasteiger partial charge >= 0.3 is 6.03 Å². The molecular formula is C9H19N3O. The molecule has 1 fully saturated rings. The summed E-state index contributed by atoms with van der Waals surface area (Å²) in [5, 5.41) is 0. The molecule has 1 heterocycles. The van der Waals surface area contributed by atoms with Crippen molar-refractivity contribution in [2.45, 2.75) is 31.8 Å². The highest BCUT2D eigenvalue weighted by atomic mass is 16.2. The Morgan fingerprint density at radius 3 is 2.38 bits per heavy atom. The second-order valence-corrected chi connectivity index (χ2v) is 4.38. The Kier molecular flexibility index (Phi) is 2.52. The molecule has 0 saturated carbocycles. The second-order valence-electron chi connectivity index (χ2n) is 4.38. The fourth-order valence-corrected chi connectivity index (χ4v) is 1.69. The Balaban J connectivity index is 2.78. The highest BCUT2D eigenvalue weighted by molar-refractivity contribution is 5.75. The summed E-state index contributed by atoms with van der Waals surface area (Å²) in [7, 11) is 3.53. The van der Waals surface area contributed by atoms with Crippen LogP contribution in [-0.4, -0.2) is 48.1 Å². The first-order valence-electron chi connectivity index (χ1n) is 4.62. The highest BCUT2D eigenvalue weighted by Crippen LogP contribution is 2.27. The molecule has 0 aliphatic carbocycles. The van der Waals surface area contributed by atoms with Crippen molar-refractivity contribution >= 4 is 6.03 Å². The lowest BCUT2D eigenvalue weighted by molar-refractivity contribution is 0.136. The molecule has 1 aliphatic heterocycles. The van der Waals surface area contributed by atoms with Gasteiger partial charge in [0.25, 0.3) is 0 Å². The molecule has 2 N–H and O–H groups in total. The molecule has 1 rings (SSSR count). The smallest absolute Gasteiger partial charge is 0.319 e. The minimum absolute atomic E-state index is 0.0537. The summed E-state index contributed by atoms with van der Waals surface area (Å²) in [4.78, 5) is 15.1. The summed E-state index contributed by atoms with van der Waals surface area (Å²) in [6, 6.07) is 0.148. The van der Waals surface area contributed by atoms with Crippen LogP contribution < -0.4 is 5.73 Å². The predicted octanol–water partition coefficient (Wildman–Crippen LogP) is 0.480. The number of likely N-dealkylation sites (tertiary alicyclic amines) is 1. The van der Waals surface area contributed by atoms with E-state index < -0.39 is 0 Å². The molecule has 0 aromatic carbocycles. The molecule has 2 amide bonds. The molecule has 1 aliphatic rings. The minimum atomic E-state index is -0.207. The number of nitrogens with two attached hydrogens (primary N) is 1. The van der Waals surface area contributed by atoms with Crippen LogP contribution in [0.2, 0.25) is 0 Å². The molecule has 0 radical (unpaired) electrons. The van der Waals surface area contributed by atoms with E-state index in [1.54, 1.807) is 19.0 Å². The molecular weight excluding hydrogens is 166 g/mol. The predicted molar refractivity (Wildman–Crippen MR) is 52.5 cm³/mol. The van der Waals surface area contributed by atoms with Gasteiger partial charge in [-0.25, -0.2) is 4.79 Å². The van der Waals surface area contributed by atoms with Crippen LogP contribution in [0.1, 0.15) is 20.3 Å². The van der Waals surface area contributed by atoms with Gasteiger partial charge in [-0.05, 0) is 20.3 Å². The van der Waals surface area contributed by atoms with E-state index in [1.807, 2.05) is 18.7 Å². The third-order valence-electron chi connectivity index (χ3n) is 2.88. The lowest BCUT2D eigenvalue weighted by Crippen LogP contribution is -2.53. The van der Waals surface area contributed by atoms with Crippen LogP contribution in [-0.2, 0) is 0 Å². The van der Waals surface area contributed by atoms with Gasteiger partial charge in [0, 0.05) is 26.7 Å². The summed E-state index contributed by atoms with van der Waals surface area (Å²) >= 11 is 0. The van der Waals surface area contributed by atoms with Crippen molar-refractivity contribution in [2.75, 3.05) is 20.6 Å². The zero-order valence-electron chi connectivity index (χ0n) is 8.87. The quantitative estimate of drug-likeness (QED) is 0.596. The first-order chi connectivity index (χ1) is 5.87. The number of hydrogen-bond acceptors (Lipinski definition) is 2. The van der Waals surface area contributed by atoms with Gasteiger partial charge < -0.3 is 15.5 Å². The highest BCUT2D eigenvalue weighted by Gasteiger charge is 2.42. The fraction of sp³-hybridized carbons (Fsp3) is 0.889. The average Bonchev–Trinajstić information content (AvgIpc) is 2.26. The van der Waals surface area contributed by atoms with Gasteiger partial charge in [0.1, 0.15) is 0 Å². The van der Waals surface area contributed by atoms with E-state index in [-0.39, 0.29) is 17.6 Å². The van der Waals surface area contributed by atoms with Gasteiger partial charge in [-0.3, -0.25) is 0 Å². The van der Waals surface area contributed by atoms with Gasteiger partial charge in [-0.15, -0.1) is 0 Å². The van der Waals surface area contributed by atoms with E-state index >= 15 is 0 Å². The van der Waals surface area contributed by atoms with E-state index in [9.17, 15) is 4.79 Å². The van der Waals surface area contributed by atoms with Crippen LogP contribution in [0.3, 0.4) is 0 Å². The number of urea groups is 1. The molecule has 1 unspecified atom stereocenters. The monoisotopic (exact) mass is 185 g/mol. The van der Waals surface area contributed by atoms with Crippen molar-refractivity contribution in [1.29, 1.82) is 0 Å². The number of nitrogens with zero attached hydrogens (tertiary/aromatic N) is 2. The Labute approximate surface area is 79.7 Å². The van der Waals surface area contributed by atoms with Crippen LogP contribution in [0.4, 0.5) is 4.79 Å². The second kappa shape index (κ2) is 3.18. The van der Waals surface area contributed by atoms with Gasteiger partial charge in [-0.1, -0.05) is 0 Å². The first kappa shape index (κ1) is 10.3. The zero-order chi connectivity index (χ0) is 10.2. The van der Waals surface area contributed by atoms with E-state index in [2.05, 4.69) is 0 Å². The van der Waals surface area contributed by atoms with Crippen LogP contribution in [0.15, 0.2) is 0 Å². The van der Waals surface area contributed by atoms with E-state index in [4.69, 9.17) is 5.73 Å². The first-order valence-corrected chi connectivity index (χ1v) is 4.62. The fourth-order valence-electron chi connectivity index (χ4n) is 1.69. The number of rotatable bonds is 0. The Morgan fingerprint density at radius 2 is 2.08 bits per heavy atom. The topological polar surface area (TPSA) is 49.6 Å². The molecule has 0 spiro atoms. The molecule has 0 aromatic rings. The molecule has 76 valence electrons. The number of carbonyl (C=O) groups excluding carboxylic acids is 1. The molecule has 0 aromatic heterocycles. The van der Waals surface area contributed by atoms with Crippen molar-refractivity contribution in [1.82, 2.24) is 9.80 Å². The van der Waals surface area contributed by atoms with Crippen LogP contribution in [0.5, 0.6) is 0 Å². The summed E-state index contributed by atoms with van der Waals surface area (Å²) in [6.45, 7) is 4.81. The summed E-state index contributed by atoms with van der Waals surface area (Å²) in [6.07, 6.45) is 0.895. The van der Waals surface area contributed by atoms with Crippen molar-refractivity contribution in [3.8, 4) is 0 Å². The van der Waals surface area contributed by atoms with Crippen molar-refractivity contribution in [2.24, 2.45) is 5.73 Å². The molecule has 1 atom stereocenters. The van der Waals surface area contributed by atoms with Crippen molar-refractivity contribution in [3.63, 3.8) is 0 Å². The summed E-state index contributed by atoms with van der Waals surface area (Å²) in [5.74, 6) is 0. The minimum Gasteiger partial charge on any atom is -0.331 e. The largest absolute Gasteiger partial charge is 0.331 e. The standard InChI is InChI=1S/C9H19N3O/c1-9(2)7(10)5-6-12(9)8(13)11(3)4/h7H,5-6,10H2,1-4H3. The molecule has 1 saturated heterocycles. The number of carbonyl (C=O) groups is 1. The normalized spacial score (nSPS) is 26.2. The van der Waals surface area contributed by atoms with Crippen LogP contribution in [0.25, 0.3) is 0 Å². The number of hydrogen-bond donors (Lipinski definition) is 1. The maximum atomic E-state index is 11.7. The van der Waals surface area contributed by atoms with Gasteiger partial charge in [-0.2, -0.15) is 0 Å². The van der Waals surface area contributed by atoms with Gasteiger partial charge in [0.05, 0.1) is 5.54 Å². The maximum absolute atomic E-state index is 11.7. The van der Waals surface area contributed by atoms with Crippen molar-refractivity contribution < 1.29 is 4.79 Å². The molecule has 4 heteroatoms. The summed E-state index contributed by atoms with van der Waals surface area (Å²) in [5.41, 5.74) is 5.72. The number of amides is 2. The average molecular weight is 185 g/mol. The van der Waals surface area contributed by atoms with E-state index in [0.717, 1.165) is 13.0 Å². The molecule has 13 heavy (non-hydrogen) atoms. The van der Waals surface area contributed by atoms with E-state index in [0.29, 0.717) is 0 Å². The van der Waals surface area contributed by atoms with E-state index in [1.165, 1.54) is 0 Å². The third kappa shape index (κ3) is 1.63. The maximum Gasteiger partial charge on any atom is 0.319 e. The third-order valence-corrected chi connectivity index (χ3v) is 2.88. The zero-order valence-corrected chi connectivity index (χ0v) is 8.87. The Morgan fingerprint density at radius 1 is 1.54 bits per heavy atom. The Hall–Kier alpha value is -0.770. The molecule has 4 nitrogen and oxygen atoms in total. The Bertz CT molecular complexity index is 213. The van der Waals surface area contributed by atoms with Crippen LogP contribution >= 0.6 is 0 Å². The van der Waals surface area contributed by atoms with Crippen LogP contribution in [0, 0.1) is 0 Å². The summed E-state index contributed by atoms with van der Waals surface area (Å²) < 4.78 is 0. The lowest BCUT2D eigenvalue weighted by Gasteiger charge is -2.36. The molecule has 0 bridgehead atoms. The van der Waals surface area contributed by atoms with Gasteiger partial charge in [0.2, 0.25) is 0 Å².